The summed E-state index contributed by atoms with van der Waals surface area (Å²) in [7, 11) is 0. The Hall–Kier alpha value is -1.71. The lowest BCUT2D eigenvalue weighted by Gasteiger charge is -2.32. The van der Waals surface area contributed by atoms with E-state index in [0.717, 1.165) is 49.5 Å². The Kier molecular flexibility index (Phi) is 6.67. The SMILES string of the molecule is C=CC(=O)Oc1c(F)cc(C2CCC(C3CCC(CCC)C3)CC2)cc1F. The van der Waals surface area contributed by atoms with Gasteiger partial charge in [0.15, 0.2) is 11.6 Å². The fourth-order valence-corrected chi connectivity index (χ4v) is 5.19. The lowest BCUT2D eigenvalue weighted by molar-refractivity contribution is -0.129. The summed E-state index contributed by atoms with van der Waals surface area (Å²) in [6.45, 7) is 5.51. The van der Waals surface area contributed by atoms with E-state index < -0.39 is 23.4 Å². The van der Waals surface area contributed by atoms with Gasteiger partial charge in [-0.05, 0) is 79.9 Å². The first kappa shape index (κ1) is 20.0. The summed E-state index contributed by atoms with van der Waals surface area (Å²) in [6, 6.07) is 2.65. The van der Waals surface area contributed by atoms with Crippen LogP contribution in [0.4, 0.5) is 8.78 Å². The highest BCUT2D eigenvalue weighted by atomic mass is 19.1. The molecule has 1 aromatic rings. The van der Waals surface area contributed by atoms with Crippen LogP contribution >= 0.6 is 0 Å². The molecule has 2 aliphatic carbocycles. The summed E-state index contributed by atoms with van der Waals surface area (Å²) in [4.78, 5) is 11.2. The molecule has 0 aliphatic heterocycles. The van der Waals surface area contributed by atoms with Gasteiger partial charge in [0.2, 0.25) is 5.75 Å². The Morgan fingerprint density at radius 1 is 1.11 bits per heavy atom. The van der Waals surface area contributed by atoms with E-state index in [0.29, 0.717) is 5.56 Å². The van der Waals surface area contributed by atoms with Crippen LogP contribution in [0.15, 0.2) is 24.8 Å². The van der Waals surface area contributed by atoms with Crippen LogP contribution in [0.3, 0.4) is 0 Å². The molecule has 0 radical (unpaired) electrons. The predicted molar refractivity (Wildman–Crippen MR) is 103 cm³/mol. The lowest BCUT2D eigenvalue weighted by Crippen LogP contribution is -2.20. The smallest absolute Gasteiger partial charge is 0.335 e. The average Bonchev–Trinajstić information content (AvgIpc) is 3.13. The first-order valence-electron chi connectivity index (χ1n) is 10.3. The van der Waals surface area contributed by atoms with Crippen LogP contribution in [0.2, 0.25) is 0 Å². The standard InChI is InChI=1S/C23H30F2O2/c1-3-5-15-6-7-18(12-15)16-8-10-17(11-9-16)19-13-20(24)23(21(25)14-19)27-22(26)4-2/h4,13-18H,2-3,5-12H2,1H3. The third-order valence-corrected chi connectivity index (χ3v) is 6.58. The van der Waals surface area contributed by atoms with Crippen molar-refractivity contribution in [1.82, 2.24) is 0 Å². The lowest BCUT2D eigenvalue weighted by atomic mass is 9.73. The molecule has 0 saturated heterocycles. The zero-order valence-electron chi connectivity index (χ0n) is 16.2. The van der Waals surface area contributed by atoms with Gasteiger partial charge in [-0.1, -0.05) is 32.8 Å². The van der Waals surface area contributed by atoms with Gasteiger partial charge in [0.1, 0.15) is 0 Å². The summed E-state index contributed by atoms with van der Waals surface area (Å²) >= 11 is 0. The molecule has 2 unspecified atom stereocenters. The zero-order valence-corrected chi connectivity index (χ0v) is 16.2. The summed E-state index contributed by atoms with van der Waals surface area (Å²) in [6.07, 6.45) is 11.9. The first-order valence-corrected chi connectivity index (χ1v) is 10.3. The molecule has 27 heavy (non-hydrogen) atoms. The first-order chi connectivity index (χ1) is 13.0. The van der Waals surface area contributed by atoms with Crippen LogP contribution in [-0.4, -0.2) is 5.97 Å². The number of hydrogen-bond acceptors (Lipinski definition) is 2. The van der Waals surface area contributed by atoms with Crippen LogP contribution in [-0.2, 0) is 4.79 Å². The molecular formula is C23H30F2O2. The van der Waals surface area contributed by atoms with Crippen LogP contribution in [0.25, 0.3) is 0 Å². The van der Waals surface area contributed by atoms with Crippen molar-refractivity contribution in [2.24, 2.45) is 17.8 Å². The molecule has 2 atom stereocenters. The van der Waals surface area contributed by atoms with Gasteiger partial charge in [-0.15, -0.1) is 0 Å². The van der Waals surface area contributed by atoms with Gasteiger partial charge in [-0.25, -0.2) is 13.6 Å². The molecule has 0 heterocycles. The minimum Gasteiger partial charge on any atom is -0.417 e. The van der Waals surface area contributed by atoms with Crippen LogP contribution in [0.1, 0.15) is 76.2 Å². The number of carbonyl (C=O) groups excluding carboxylic acids is 1. The van der Waals surface area contributed by atoms with Crippen molar-refractivity contribution in [3.8, 4) is 5.75 Å². The molecule has 148 valence electrons. The van der Waals surface area contributed by atoms with Gasteiger partial charge < -0.3 is 4.74 Å². The molecule has 0 N–H and O–H groups in total. The van der Waals surface area contributed by atoms with E-state index in [9.17, 15) is 13.6 Å². The van der Waals surface area contributed by atoms with Gasteiger partial charge in [0.25, 0.3) is 0 Å². The largest absolute Gasteiger partial charge is 0.417 e. The van der Waals surface area contributed by atoms with Crippen molar-refractivity contribution in [3.63, 3.8) is 0 Å². The number of hydrogen-bond donors (Lipinski definition) is 0. The predicted octanol–water partition coefficient (Wildman–Crippen LogP) is 6.55. The van der Waals surface area contributed by atoms with Gasteiger partial charge in [-0.3, -0.25) is 0 Å². The fraction of sp³-hybridized carbons (Fsp3) is 0.609. The van der Waals surface area contributed by atoms with Crippen molar-refractivity contribution in [3.05, 3.63) is 42.0 Å². The molecule has 0 amide bonds. The highest BCUT2D eigenvalue weighted by molar-refractivity contribution is 5.83. The third-order valence-electron chi connectivity index (χ3n) is 6.58. The Morgan fingerprint density at radius 2 is 1.74 bits per heavy atom. The second-order valence-electron chi connectivity index (χ2n) is 8.28. The van der Waals surface area contributed by atoms with Crippen molar-refractivity contribution >= 4 is 5.97 Å². The van der Waals surface area contributed by atoms with Gasteiger partial charge >= 0.3 is 5.97 Å². The highest BCUT2D eigenvalue weighted by Gasteiger charge is 2.33. The normalized spacial score (nSPS) is 28.1. The maximum Gasteiger partial charge on any atom is 0.335 e. The van der Waals surface area contributed by atoms with Gasteiger partial charge in [-0.2, -0.15) is 0 Å². The molecule has 0 aromatic heterocycles. The van der Waals surface area contributed by atoms with Crippen molar-refractivity contribution in [1.29, 1.82) is 0 Å². The van der Waals surface area contributed by atoms with E-state index in [2.05, 4.69) is 18.2 Å². The minimum absolute atomic E-state index is 0.183. The van der Waals surface area contributed by atoms with Crippen LogP contribution in [0.5, 0.6) is 5.75 Å². The molecule has 3 rings (SSSR count). The number of benzene rings is 1. The molecule has 2 aliphatic rings. The van der Waals surface area contributed by atoms with E-state index in [-0.39, 0.29) is 5.92 Å². The Labute approximate surface area is 161 Å². The summed E-state index contributed by atoms with van der Waals surface area (Å²) in [5.41, 5.74) is 0.678. The third kappa shape index (κ3) is 4.77. The molecule has 2 saturated carbocycles. The Balaban J connectivity index is 1.59. The monoisotopic (exact) mass is 376 g/mol. The number of esters is 1. The Morgan fingerprint density at radius 3 is 2.33 bits per heavy atom. The van der Waals surface area contributed by atoms with E-state index in [1.807, 2.05) is 0 Å². The summed E-state index contributed by atoms with van der Waals surface area (Å²) in [5, 5.41) is 0. The van der Waals surface area contributed by atoms with E-state index in [1.54, 1.807) is 0 Å². The van der Waals surface area contributed by atoms with Crippen molar-refractivity contribution in [2.75, 3.05) is 0 Å². The Bertz CT molecular complexity index is 654. The number of ether oxygens (including phenoxy) is 1. The second kappa shape index (κ2) is 8.99. The van der Waals surface area contributed by atoms with Crippen LogP contribution in [0, 0.1) is 29.4 Å². The molecule has 0 bridgehead atoms. The maximum absolute atomic E-state index is 14.2. The molecule has 2 nitrogen and oxygen atoms in total. The molecular weight excluding hydrogens is 346 g/mol. The number of rotatable bonds is 6. The zero-order chi connectivity index (χ0) is 19.4. The topological polar surface area (TPSA) is 26.3 Å². The van der Waals surface area contributed by atoms with Gasteiger partial charge in [0.05, 0.1) is 0 Å². The van der Waals surface area contributed by atoms with Gasteiger partial charge in [0, 0.05) is 6.08 Å². The quantitative estimate of drug-likeness (QED) is 0.320. The average molecular weight is 376 g/mol. The van der Waals surface area contributed by atoms with Crippen LogP contribution < -0.4 is 4.74 Å². The minimum atomic E-state index is -0.862. The van der Waals surface area contributed by atoms with E-state index in [4.69, 9.17) is 0 Å². The van der Waals surface area contributed by atoms with E-state index >= 15 is 0 Å². The van der Waals surface area contributed by atoms with E-state index in [1.165, 1.54) is 44.2 Å². The number of halogens is 2. The molecule has 1 aromatic carbocycles. The maximum atomic E-state index is 14.2. The molecule has 4 heteroatoms. The highest BCUT2D eigenvalue weighted by Crippen LogP contribution is 2.46. The molecule has 2 fully saturated rings. The second-order valence-corrected chi connectivity index (χ2v) is 8.28. The number of carbonyl (C=O) groups is 1. The van der Waals surface area contributed by atoms with Crippen molar-refractivity contribution < 1.29 is 18.3 Å². The van der Waals surface area contributed by atoms with Crippen molar-refractivity contribution in [2.45, 2.75) is 70.6 Å². The molecule has 0 spiro atoms. The fourth-order valence-electron chi connectivity index (χ4n) is 5.19. The summed E-state index contributed by atoms with van der Waals surface area (Å²) in [5.74, 6) is -0.429. The summed E-state index contributed by atoms with van der Waals surface area (Å²) < 4.78 is 33.2.